The molecule has 2 rings (SSSR count). The molecule has 0 amide bonds. The summed E-state index contributed by atoms with van der Waals surface area (Å²) < 4.78 is 25.6. The van der Waals surface area contributed by atoms with Gasteiger partial charge in [0.1, 0.15) is 0 Å². The van der Waals surface area contributed by atoms with Crippen molar-refractivity contribution < 1.29 is 18.3 Å². The van der Waals surface area contributed by atoms with E-state index in [0.717, 1.165) is 0 Å². The molecule has 0 unspecified atom stereocenters. The third-order valence-corrected chi connectivity index (χ3v) is 4.11. The third kappa shape index (κ3) is 2.60. The Morgan fingerprint density at radius 3 is 2.42 bits per heavy atom. The van der Waals surface area contributed by atoms with E-state index in [0.29, 0.717) is 0 Å². The van der Waals surface area contributed by atoms with E-state index in [1.54, 1.807) is 12.1 Å². The minimum atomic E-state index is -3.82. The average Bonchev–Trinajstić information content (AvgIpc) is 2.80. The molecule has 7 heteroatoms. The first-order valence-electron chi connectivity index (χ1n) is 5.40. The minimum Gasteiger partial charge on any atom is -0.478 e. The van der Waals surface area contributed by atoms with E-state index in [4.69, 9.17) is 5.11 Å². The first kappa shape index (κ1) is 13.2. The van der Waals surface area contributed by atoms with Crippen molar-refractivity contribution >= 4 is 16.0 Å². The smallest absolute Gasteiger partial charge is 0.335 e. The molecule has 0 aliphatic rings. The summed E-state index contributed by atoms with van der Waals surface area (Å²) in [7, 11) is -3.82. The Morgan fingerprint density at radius 2 is 1.84 bits per heavy atom. The largest absolute Gasteiger partial charge is 0.478 e. The molecule has 6 nitrogen and oxygen atoms in total. The number of hydrogen-bond acceptors (Lipinski definition) is 3. The molecule has 0 aliphatic heterocycles. The van der Waals surface area contributed by atoms with E-state index in [1.807, 2.05) is 0 Å². The molecule has 0 saturated heterocycles. The summed E-state index contributed by atoms with van der Waals surface area (Å²) >= 11 is 0. The number of carbonyl (C=O) groups is 1. The van der Waals surface area contributed by atoms with Crippen molar-refractivity contribution in [3.63, 3.8) is 0 Å². The van der Waals surface area contributed by atoms with Gasteiger partial charge in [-0.15, -0.1) is 0 Å². The fourth-order valence-corrected chi connectivity index (χ4v) is 2.99. The number of hydrogen-bond donors (Lipinski definition) is 2. The fraction of sp³-hybridized carbons (Fsp3) is 0.0833. The molecular formula is C12H12N2O4S. The molecule has 0 atom stereocenters. The molecule has 100 valence electrons. The van der Waals surface area contributed by atoms with Gasteiger partial charge in [0.25, 0.3) is 10.0 Å². The van der Waals surface area contributed by atoms with E-state index in [9.17, 15) is 13.2 Å². The van der Waals surface area contributed by atoms with Crippen LogP contribution >= 0.6 is 0 Å². The Balaban J connectivity index is 2.47. The van der Waals surface area contributed by atoms with Crippen molar-refractivity contribution in [3.8, 4) is 0 Å². The Bertz CT molecular complexity index is 705. The maximum atomic E-state index is 12.2. The zero-order valence-electron chi connectivity index (χ0n) is 10.1. The van der Waals surface area contributed by atoms with Gasteiger partial charge in [-0.2, -0.15) is 8.42 Å². The van der Waals surface area contributed by atoms with Crippen LogP contribution < -0.4 is 4.83 Å². The Morgan fingerprint density at radius 1 is 1.21 bits per heavy atom. The van der Waals surface area contributed by atoms with Gasteiger partial charge >= 0.3 is 5.97 Å². The van der Waals surface area contributed by atoms with Gasteiger partial charge < -0.3 is 5.11 Å². The highest BCUT2D eigenvalue weighted by Gasteiger charge is 2.20. The van der Waals surface area contributed by atoms with E-state index in [-0.39, 0.29) is 16.0 Å². The van der Waals surface area contributed by atoms with Crippen molar-refractivity contribution in [1.29, 1.82) is 0 Å². The Hall–Kier alpha value is -2.28. The van der Waals surface area contributed by atoms with Crippen LogP contribution in [0.15, 0.2) is 47.6 Å². The zero-order valence-corrected chi connectivity index (χ0v) is 10.9. The SMILES string of the molecule is Cc1c(C(=O)O)cccc1S(=O)(=O)Nn1cccc1. The van der Waals surface area contributed by atoms with Crippen molar-refractivity contribution in [2.75, 3.05) is 4.83 Å². The number of nitrogens with one attached hydrogen (secondary N) is 1. The molecule has 0 radical (unpaired) electrons. The molecule has 0 aliphatic carbocycles. The summed E-state index contributed by atoms with van der Waals surface area (Å²) in [5, 5.41) is 8.99. The monoisotopic (exact) mass is 280 g/mol. The van der Waals surface area contributed by atoms with E-state index >= 15 is 0 Å². The van der Waals surface area contributed by atoms with E-state index in [1.165, 1.54) is 42.2 Å². The van der Waals surface area contributed by atoms with Crippen LogP contribution in [0.1, 0.15) is 15.9 Å². The topological polar surface area (TPSA) is 88.4 Å². The lowest BCUT2D eigenvalue weighted by molar-refractivity contribution is 0.0696. The van der Waals surface area contributed by atoms with Crippen molar-refractivity contribution in [2.24, 2.45) is 0 Å². The molecule has 2 aromatic rings. The first-order chi connectivity index (χ1) is 8.92. The number of sulfonamides is 1. The molecule has 1 heterocycles. The van der Waals surface area contributed by atoms with Gasteiger partial charge in [-0.1, -0.05) is 6.07 Å². The van der Waals surface area contributed by atoms with Gasteiger partial charge in [-0.05, 0) is 36.8 Å². The minimum absolute atomic E-state index is 0.0321. The fourth-order valence-electron chi connectivity index (χ4n) is 1.72. The second-order valence-electron chi connectivity index (χ2n) is 3.92. The van der Waals surface area contributed by atoms with Gasteiger partial charge in [-0.3, -0.25) is 4.68 Å². The van der Waals surface area contributed by atoms with Crippen molar-refractivity contribution in [2.45, 2.75) is 11.8 Å². The van der Waals surface area contributed by atoms with E-state index in [2.05, 4.69) is 4.83 Å². The van der Waals surface area contributed by atoms with Gasteiger partial charge in [0, 0.05) is 12.4 Å². The summed E-state index contributed by atoms with van der Waals surface area (Å²) in [5.74, 6) is -1.16. The number of rotatable bonds is 4. The van der Waals surface area contributed by atoms with Crippen molar-refractivity contribution in [1.82, 2.24) is 4.68 Å². The van der Waals surface area contributed by atoms with Gasteiger partial charge in [0.15, 0.2) is 0 Å². The van der Waals surface area contributed by atoms with Crippen LogP contribution in [0.4, 0.5) is 0 Å². The molecule has 0 bridgehead atoms. The van der Waals surface area contributed by atoms with Crippen LogP contribution in [-0.2, 0) is 10.0 Å². The van der Waals surface area contributed by atoms with Crippen LogP contribution in [0.3, 0.4) is 0 Å². The van der Waals surface area contributed by atoms with Crippen LogP contribution in [0.25, 0.3) is 0 Å². The lowest BCUT2D eigenvalue weighted by Crippen LogP contribution is -2.23. The molecule has 0 saturated carbocycles. The highest BCUT2D eigenvalue weighted by atomic mass is 32.2. The number of carboxylic acid groups (broad SMARTS) is 1. The van der Waals surface area contributed by atoms with Gasteiger partial charge in [0.05, 0.1) is 10.5 Å². The quantitative estimate of drug-likeness (QED) is 0.886. The summed E-state index contributed by atoms with van der Waals surface area (Å²) in [6.45, 7) is 1.47. The summed E-state index contributed by atoms with van der Waals surface area (Å²) in [5.41, 5.74) is 0.171. The average molecular weight is 280 g/mol. The number of carboxylic acids is 1. The van der Waals surface area contributed by atoms with Crippen LogP contribution in [0.5, 0.6) is 0 Å². The first-order valence-corrected chi connectivity index (χ1v) is 6.89. The van der Waals surface area contributed by atoms with E-state index < -0.39 is 16.0 Å². The zero-order chi connectivity index (χ0) is 14.0. The van der Waals surface area contributed by atoms with Crippen LogP contribution in [0, 0.1) is 6.92 Å². The molecule has 1 aromatic heterocycles. The summed E-state index contributed by atoms with van der Waals surface area (Å²) in [6.07, 6.45) is 3.07. The normalized spacial score (nSPS) is 11.2. The predicted octanol–water partition coefficient (Wildman–Crippen LogP) is 1.43. The molecular weight excluding hydrogens is 268 g/mol. The number of aromatic carboxylic acids is 1. The third-order valence-electron chi connectivity index (χ3n) is 2.63. The molecule has 19 heavy (non-hydrogen) atoms. The lowest BCUT2D eigenvalue weighted by atomic mass is 10.1. The maximum absolute atomic E-state index is 12.2. The molecule has 0 spiro atoms. The summed E-state index contributed by atoms with van der Waals surface area (Å²) in [6, 6.07) is 7.48. The molecule has 2 N–H and O–H groups in total. The summed E-state index contributed by atoms with van der Waals surface area (Å²) in [4.78, 5) is 13.3. The van der Waals surface area contributed by atoms with Gasteiger partial charge in [0.2, 0.25) is 0 Å². The molecule has 1 aromatic carbocycles. The number of benzene rings is 1. The Kier molecular flexibility index (Phi) is 3.30. The second kappa shape index (κ2) is 4.77. The van der Waals surface area contributed by atoms with Gasteiger partial charge in [-0.25, -0.2) is 9.63 Å². The maximum Gasteiger partial charge on any atom is 0.335 e. The number of nitrogens with zero attached hydrogens (tertiary/aromatic N) is 1. The highest BCUT2D eigenvalue weighted by molar-refractivity contribution is 7.92. The van der Waals surface area contributed by atoms with Crippen LogP contribution in [0.2, 0.25) is 0 Å². The van der Waals surface area contributed by atoms with Crippen LogP contribution in [-0.4, -0.2) is 24.2 Å². The highest BCUT2D eigenvalue weighted by Crippen LogP contribution is 2.19. The predicted molar refractivity (Wildman–Crippen MR) is 69.1 cm³/mol. The second-order valence-corrected chi connectivity index (χ2v) is 5.55. The lowest BCUT2D eigenvalue weighted by Gasteiger charge is -2.12. The number of aromatic nitrogens is 1. The van der Waals surface area contributed by atoms with Crippen molar-refractivity contribution in [3.05, 3.63) is 53.9 Å². The molecule has 0 fully saturated rings. The Labute approximate surface area is 110 Å². The standard InChI is InChI=1S/C12H12N2O4S/c1-9-10(12(15)16)5-4-6-11(9)19(17,18)13-14-7-2-3-8-14/h2-8,13H,1H3,(H,15,16).